The number of amides is 1. The molecule has 1 aromatic rings. The fourth-order valence-corrected chi connectivity index (χ4v) is 4.94. The van der Waals surface area contributed by atoms with Gasteiger partial charge in [0.05, 0.1) is 11.6 Å². The number of aromatic nitrogens is 2. The summed E-state index contributed by atoms with van der Waals surface area (Å²) < 4.78 is 13.2. The van der Waals surface area contributed by atoms with E-state index in [0.717, 1.165) is 65.1 Å². The van der Waals surface area contributed by atoms with Crippen molar-refractivity contribution in [2.45, 2.75) is 56.8 Å². The lowest BCUT2D eigenvalue weighted by atomic mass is 9.73. The van der Waals surface area contributed by atoms with Crippen molar-refractivity contribution >= 4 is 5.91 Å². The molecule has 0 aliphatic carbocycles. The Labute approximate surface area is 155 Å². The summed E-state index contributed by atoms with van der Waals surface area (Å²) in [5, 5.41) is 4.36. The molecule has 1 spiro atoms. The van der Waals surface area contributed by atoms with Crippen LogP contribution < -0.4 is 0 Å². The maximum Gasteiger partial charge on any atom is 0.274 e. The lowest BCUT2D eigenvalue weighted by Crippen LogP contribution is -2.75. The second kappa shape index (κ2) is 7.29. The van der Waals surface area contributed by atoms with Crippen LogP contribution in [0.25, 0.3) is 0 Å². The molecule has 1 amide bonds. The Bertz CT molecular complexity index is 632. The topological polar surface area (TPSA) is 59.8 Å². The summed E-state index contributed by atoms with van der Waals surface area (Å²) in [4.78, 5) is 17.3. The van der Waals surface area contributed by atoms with E-state index in [1.807, 2.05) is 31.2 Å². The Hall–Kier alpha value is -1.44. The van der Waals surface area contributed by atoms with E-state index in [1.165, 1.54) is 0 Å². The number of ether oxygens (including phenoxy) is 2. The van der Waals surface area contributed by atoms with E-state index in [9.17, 15) is 4.79 Å². The van der Waals surface area contributed by atoms with Gasteiger partial charge in [-0.2, -0.15) is 5.10 Å². The van der Waals surface area contributed by atoms with Crippen LogP contribution in [0.15, 0.2) is 12.3 Å². The number of carbonyl (C=O) groups excluding carboxylic acids is 1. The molecule has 0 radical (unpaired) electrons. The van der Waals surface area contributed by atoms with Crippen LogP contribution in [0.3, 0.4) is 0 Å². The normalized spacial score (nSPS) is 26.8. The number of likely N-dealkylation sites (tertiary alicyclic amines) is 2. The molecular weight excluding hydrogens is 332 g/mol. The maximum absolute atomic E-state index is 12.7. The second-order valence-corrected chi connectivity index (χ2v) is 7.67. The van der Waals surface area contributed by atoms with Gasteiger partial charge in [0, 0.05) is 58.7 Å². The maximum atomic E-state index is 12.7. The van der Waals surface area contributed by atoms with Crippen LogP contribution >= 0.6 is 0 Å². The number of hydrogen-bond donors (Lipinski definition) is 0. The van der Waals surface area contributed by atoms with Crippen molar-refractivity contribution in [3.8, 4) is 0 Å². The number of piperidine rings is 1. The van der Waals surface area contributed by atoms with Crippen molar-refractivity contribution in [1.29, 1.82) is 0 Å². The quantitative estimate of drug-likeness (QED) is 0.810. The third-order valence-electron chi connectivity index (χ3n) is 6.55. The van der Waals surface area contributed by atoms with Gasteiger partial charge in [-0.1, -0.05) is 0 Å². The zero-order valence-electron chi connectivity index (χ0n) is 15.9. The van der Waals surface area contributed by atoms with Crippen LogP contribution in [0, 0.1) is 0 Å². The monoisotopic (exact) mass is 362 g/mol. The highest BCUT2D eigenvalue weighted by atomic mass is 16.5. The Kier molecular flexibility index (Phi) is 5.03. The molecule has 3 aliphatic heterocycles. The van der Waals surface area contributed by atoms with Crippen LogP contribution in [-0.2, 0) is 16.0 Å². The standard InChI is InChI=1S/C19H30N4O3/c1-3-22-11-6-16(20-22)18(24)21-9-4-15(5-10-21)23-14-17(25-2)19(23)7-12-26-13-8-19/h6,11,15,17H,3-5,7-10,12-14H2,1-2H3. The number of nitrogens with zero attached hydrogens (tertiary/aromatic N) is 4. The summed E-state index contributed by atoms with van der Waals surface area (Å²) in [5.74, 6) is 0.0646. The predicted molar refractivity (Wildman–Crippen MR) is 97.1 cm³/mol. The first-order valence-electron chi connectivity index (χ1n) is 9.88. The zero-order chi connectivity index (χ0) is 18.1. The minimum atomic E-state index is 0.0646. The molecule has 0 saturated carbocycles. The summed E-state index contributed by atoms with van der Waals surface area (Å²) in [6.45, 7) is 7.10. The van der Waals surface area contributed by atoms with Crippen LogP contribution in [0.5, 0.6) is 0 Å². The Morgan fingerprint density at radius 3 is 2.69 bits per heavy atom. The molecule has 4 rings (SSSR count). The van der Waals surface area contributed by atoms with Gasteiger partial charge in [0.25, 0.3) is 5.91 Å². The lowest BCUT2D eigenvalue weighted by molar-refractivity contribution is -0.207. The summed E-state index contributed by atoms with van der Waals surface area (Å²) >= 11 is 0. The van der Waals surface area contributed by atoms with Gasteiger partial charge in [-0.05, 0) is 38.7 Å². The Morgan fingerprint density at radius 1 is 1.35 bits per heavy atom. The summed E-state index contributed by atoms with van der Waals surface area (Å²) in [5.41, 5.74) is 0.721. The van der Waals surface area contributed by atoms with E-state index < -0.39 is 0 Å². The van der Waals surface area contributed by atoms with Crippen molar-refractivity contribution in [3.63, 3.8) is 0 Å². The van der Waals surface area contributed by atoms with Crippen LogP contribution in [0.2, 0.25) is 0 Å². The van der Waals surface area contributed by atoms with Crippen LogP contribution in [-0.4, -0.2) is 83.1 Å². The minimum Gasteiger partial charge on any atom is -0.381 e. The van der Waals surface area contributed by atoms with Gasteiger partial charge >= 0.3 is 0 Å². The summed E-state index contributed by atoms with van der Waals surface area (Å²) in [7, 11) is 1.83. The number of methoxy groups -OCH3 is 1. The number of aryl methyl sites for hydroxylation is 1. The van der Waals surface area contributed by atoms with Gasteiger partial charge < -0.3 is 14.4 Å². The smallest absolute Gasteiger partial charge is 0.274 e. The third-order valence-corrected chi connectivity index (χ3v) is 6.55. The molecule has 26 heavy (non-hydrogen) atoms. The number of rotatable bonds is 4. The van der Waals surface area contributed by atoms with E-state index in [2.05, 4.69) is 10.00 Å². The Balaban J connectivity index is 1.37. The van der Waals surface area contributed by atoms with E-state index >= 15 is 0 Å². The second-order valence-electron chi connectivity index (χ2n) is 7.67. The molecule has 0 aromatic carbocycles. The molecule has 0 N–H and O–H groups in total. The number of hydrogen-bond acceptors (Lipinski definition) is 5. The fraction of sp³-hybridized carbons (Fsp3) is 0.789. The summed E-state index contributed by atoms with van der Waals surface area (Å²) in [6.07, 6.45) is 6.36. The first-order valence-corrected chi connectivity index (χ1v) is 9.88. The molecule has 1 atom stereocenters. The minimum absolute atomic E-state index is 0.0646. The molecule has 144 valence electrons. The molecule has 7 nitrogen and oxygen atoms in total. The first kappa shape index (κ1) is 17.9. The molecule has 0 bridgehead atoms. The lowest BCUT2D eigenvalue weighted by Gasteiger charge is -2.63. The van der Waals surface area contributed by atoms with Crippen LogP contribution in [0.4, 0.5) is 0 Å². The molecule has 1 unspecified atom stereocenters. The van der Waals surface area contributed by atoms with Crippen molar-refractivity contribution < 1.29 is 14.3 Å². The van der Waals surface area contributed by atoms with E-state index in [0.29, 0.717) is 17.8 Å². The average Bonchev–Trinajstić information content (AvgIpc) is 3.17. The third kappa shape index (κ3) is 2.96. The molecule has 7 heteroatoms. The molecule has 1 aromatic heterocycles. The van der Waals surface area contributed by atoms with E-state index in [4.69, 9.17) is 9.47 Å². The average molecular weight is 362 g/mol. The van der Waals surface area contributed by atoms with Crippen molar-refractivity contribution in [2.75, 3.05) is 40.0 Å². The molecule has 3 saturated heterocycles. The fourth-order valence-electron chi connectivity index (χ4n) is 4.94. The highest BCUT2D eigenvalue weighted by molar-refractivity contribution is 5.92. The predicted octanol–water partition coefficient (Wildman–Crippen LogP) is 1.39. The largest absolute Gasteiger partial charge is 0.381 e. The van der Waals surface area contributed by atoms with Gasteiger partial charge in [-0.25, -0.2) is 0 Å². The molecule has 3 aliphatic rings. The molecule has 3 fully saturated rings. The summed E-state index contributed by atoms with van der Waals surface area (Å²) in [6, 6.07) is 2.37. The zero-order valence-corrected chi connectivity index (χ0v) is 15.9. The van der Waals surface area contributed by atoms with Crippen molar-refractivity contribution in [1.82, 2.24) is 19.6 Å². The SMILES string of the molecule is CCn1ccc(C(=O)N2CCC(N3CC(OC)C34CCOCC4)CC2)n1. The van der Waals surface area contributed by atoms with Crippen molar-refractivity contribution in [2.24, 2.45) is 0 Å². The Morgan fingerprint density at radius 2 is 2.08 bits per heavy atom. The first-order chi connectivity index (χ1) is 12.7. The molecular formula is C19H30N4O3. The van der Waals surface area contributed by atoms with Gasteiger partial charge in [-0.15, -0.1) is 0 Å². The highest BCUT2D eigenvalue weighted by Gasteiger charge is 2.56. The van der Waals surface area contributed by atoms with Gasteiger partial charge in [0.2, 0.25) is 0 Å². The molecule has 4 heterocycles. The van der Waals surface area contributed by atoms with E-state index in [-0.39, 0.29) is 11.4 Å². The van der Waals surface area contributed by atoms with Crippen molar-refractivity contribution in [3.05, 3.63) is 18.0 Å². The highest BCUT2D eigenvalue weighted by Crippen LogP contribution is 2.44. The van der Waals surface area contributed by atoms with Crippen LogP contribution in [0.1, 0.15) is 43.1 Å². The number of carbonyl (C=O) groups is 1. The van der Waals surface area contributed by atoms with Gasteiger partial charge in [0.15, 0.2) is 0 Å². The van der Waals surface area contributed by atoms with Gasteiger partial charge in [-0.3, -0.25) is 14.4 Å². The van der Waals surface area contributed by atoms with Gasteiger partial charge in [0.1, 0.15) is 5.69 Å². The van der Waals surface area contributed by atoms with E-state index in [1.54, 1.807) is 4.68 Å².